The number of aryl methyl sites for hydroxylation is 1. The van der Waals surface area contributed by atoms with Gasteiger partial charge in [0.25, 0.3) is 5.91 Å². The van der Waals surface area contributed by atoms with Crippen LogP contribution in [0.5, 0.6) is 0 Å². The molecule has 0 saturated carbocycles. The first-order chi connectivity index (χ1) is 9.88. The molecule has 2 nitrogen and oxygen atoms in total. The molecule has 1 unspecified atom stereocenters. The first-order valence-corrected chi connectivity index (χ1v) is 7.95. The minimum atomic E-state index is -0.213. The van der Waals surface area contributed by atoms with Gasteiger partial charge in [-0.15, -0.1) is 0 Å². The molecule has 0 aromatic heterocycles. The highest BCUT2D eigenvalue weighted by Crippen LogP contribution is 2.27. The maximum absolute atomic E-state index is 12.4. The molecule has 0 aliphatic rings. The molecule has 2 aromatic carbocycles. The van der Waals surface area contributed by atoms with E-state index < -0.39 is 0 Å². The summed E-state index contributed by atoms with van der Waals surface area (Å²) >= 11 is 15.4. The Bertz CT molecular complexity index is 688. The van der Waals surface area contributed by atoms with E-state index in [0.717, 1.165) is 15.6 Å². The van der Waals surface area contributed by atoms with E-state index in [1.54, 1.807) is 12.1 Å². The number of benzene rings is 2. The van der Waals surface area contributed by atoms with Gasteiger partial charge in [0.05, 0.1) is 11.6 Å². The van der Waals surface area contributed by atoms with E-state index >= 15 is 0 Å². The van der Waals surface area contributed by atoms with Crippen molar-refractivity contribution < 1.29 is 4.79 Å². The van der Waals surface area contributed by atoms with Gasteiger partial charge in [0, 0.05) is 14.5 Å². The lowest BCUT2D eigenvalue weighted by Gasteiger charge is -2.16. The topological polar surface area (TPSA) is 29.1 Å². The molecule has 0 fully saturated rings. The van der Waals surface area contributed by atoms with Crippen molar-refractivity contribution in [1.29, 1.82) is 0 Å². The quantitative estimate of drug-likeness (QED) is 0.735. The minimum absolute atomic E-state index is 0.149. The fourth-order valence-corrected chi connectivity index (χ4v) is 3.02. The molecule has 5 heteroatoms. The van der Waals surface area contributed by atoms with Crippen LogP contribution in [0.4, 0.5) is 0 Å². The average molecular weight is 387 g/mol. The van der Waals surface area contributed by atoms with Crippen LogP contribution in [0.25, 0.3) is 0 Å². The number of rotatable bonds is 3. The monoisotopic (exact) mass is 385 g/mol. The van der Waals surface area contributed by atoms with Crippen molar-refractivity contribution in [3.05, 3.63) is 67.6 Å². The summed E-state index contributed by atoms with van der Waals surface area (Å²) in [5, 5.41) is 4.06. The van der Waals surface area contributed by atoms with Crippen LogP contribution in [0.1, 0.15) is 34.5 Å². The highest BCUT2D eigenvalue weighted by Gasteiger charge is 2.16. The van der Waals surface area contributed by atoms with Crippen LogP contribution in [0, 0.1) is 6.92 Å². The smallest absolute Gasteiger partial charge is 0.252 e. The fourth-order valence-electron chi connectivity index (χ4n) is 2.02. The predicted molar refractivity (Wildman–Crippen MR) is 91.2 cm³/mol. The van der Waals surface area contributed by atoms with Crippen LogP contribution in [0.3, 0.4) is 0 Å². The second-order valence-corrected chi connectivity index (χ2v) is 6.54. The van der Waals surface area contributed by atoms with Gasteiger partial charge in [-0.25, -0.2) is 0 Å². The third-order valence-corrected chi connectivity index (χ3v) is 4.40. The minimum Gasteiger partial charge on any atom is -0.345 e. The van der Waals surface area contributed by atoms with E-state index in [1.165, 1.54) is 0 Å². The van der Waals surface area contributed by atoms with Gasteiger partial charge in [0.1, 0.15) is 0 Å². The first kappa shape index (κ1) is 16.3. The maximum atomic E-state index is 12.4. The fraction of sp³-hybridized carbons (Fsp3) is 0.188. The van der Waals surface area contributed by atoms with Gasteiger partial charge in [-0.05, 0) is 59.6 Å². The Labute approximate surface area is 142 Å². The van der Waals surface area contributed by atoms with Gasteiger partial charge in [-0.2, -0.15) is 0 Å². The van der Waals surface area contributed by atoms with Gasteiger partial charge >= 0.3 is 0 Å². The molecular weight excluding hydrogens is 373 g/mol. The van der Waals surface area contributed by atoms with Crippen molar-refractivity contribution in [1.82, 2.24) is 5.32 Å². The largest absolute Gasteiger partial charge is 0.345 e. The summed E-state index contributed by atoms with van der Waals surface area (Å²) < 4.78 is 0.764. The zero-order chi connectivity index (χ0) is 15.6. The van der Waals surface area contributed by atoms with Crippen LogP contribution >= 0.6 is 39.1 Å². The zero-order valence-corrected chi connectivity index (χ0v) is 14.7. The molecule has 0 bridgehead atoms. The third kappa shape index (κ3) is 4.00. The van der Waals surface area contributed by atoms with Gasteiger partial charge in [0.15, 0.2) is 0 Å². The number of nitrogens with one attached hydrogen (secondary N) is 1. The summed E-state index contributed by atoms with van der Waals surface area (Å²) in [6.45, 7) is 3.83. The number of carbonyl (C=O) groups excluding carboxylic acids is 1. The molecule has 1 N–H and O–H groups in total. The molecule has 2 rings (SSSR count). The Morgan fingerprint density at radius 3 is 2.57 bits per heavy atom. The SMILES string of the molecule is Cc1ccc(Br)c(C(=O)NC(C)c2ccc(Cl)cc2Cl)c1. The highest BCUT2D eigenvalue weighted by atomic mass is 79.9. The highest BCUT2D eigenvalue weighted by molar-refractivity contribution is 9.10. The van der Waals surface area contributed by atoms with E-state index in [1.807, 2.05) is 38.1 Å². The van der Waals surface area contributed by atoms with Crippen molar-refractivity contribution >= 4 is 45.0 Å². The van der Waals surface area contributed by atoms with Crippen LogP contribution in [-0.2, 0) is 0 Å². The normalized spacial score (nSPS) is 12.0. The molecule has 0 heterocycles. The Morgan fingerprint density at radius 2 is 1.90 bits per heavy atom. The Hall–Kier alpha value is -1.03. The lowest BCUT2D eigenvalue weighted by molar-refractivity contribution is 0.0939. The molecule has 0 saturated heterocycles. The van der Waals surface area contributed by atoms with Crippen molar-refractivity contribution in [2.24, 2.45) is 0 Å². The molecule has 0 spiro atoms. The Balaban J connectivity index is 2.20. The molecular formula is C16H14BrCl2NO. The Morgan fingerprint density at radius 1 is 1.19 bits per heavy atom. The summed E-state index contributed by atoms with van der Waals surface area (Å²) in [7, 11) is 0. The van der Waals surface area contributed by atoms with Crippen molar-refractivity contribution in [3.8, 4) is 0 Å². The second kappa shape index (κ2) is 6.82. The number of hydrogen-bond donors (Lipinski definition) is 1. The summed E-state index contributed by atoms with van der Waals surface area (Å²) in [6.07, 6.45) is 0. The van der Waals surface area contributed by atoms with E-state index in [4.69, 9.17) is 23.2 Å². The summed E-state index contributed by atoms with van der Waals surface area (Å²) in [6, 6.07) is 10.7. The van der Waals surface area contributed by atoms with Crippen molar-refractivity contribution in [2.45, 2.75) is 19.9 Å². The van der Waals surface area contributed by atoms with Crippen molar-refractivity contribution in [2.75, 3.05) is 0 Å². The predicted octanol–water partition coefficient (Wildman–Crippen LogP) is 5.56. The van der Waals surface area contributed by atoms with Crippen LogP contribution in [0.15, 0.2) is 40.9 Å². The number of carbonyl (C=O) groups is 1. The molecule has 0 aliphatic heterocycles. The number of hydrogen-bond acceptors (Lipinski definition) is 1. The zero-order valence-electron chi connectivity index (χ0n) is 11.6. The van der Waals surface area contributed by atoms with Crippen molar-refractivity contribution in [3.63, 3.8) is 0 Å². The van der Waals surface area contributed by atoms with E-state index in [0.29, 0.717) is 15.6 Å². The average Bonchev–Trinajstić information content (AvgIpc) is 2.41. The Kier molecular flexibility index (Phi) is 5.31. The maximum Gasteiger partial charge on any atom is 0.252 e. The van der Waals surface area contributed by atoms with Gasteiger partial charge in [0.2, 0.25) is 0 Å². The third-order valence-electron chi connectivity index (χ3n) is 3.14. The van der Waals surface area contributed by atoms with Gasteiger partial charge in [-0.3, -0.25) is 4.79 Å². The summed E-state index contributed by atoms with van der Waals surface area (Å²) in [5.41, 5.74) is 2.46. The molecule has 21 heavy (non-hydrogen) atoms. The molecule has 0 aliphatic carbocycles. The van der Waals surface area contributed by atoms with Gasteiger partial charge < -0.3 is 5.32 Å². The summed E-state index contributed by atoms with van der Waals surface area (Å²) in [4.78, 5) is 12.4. The van der Waals surface area contributed by atoms with E-state index in [-0.39, 0.29) is 11.9 Å². The van der Waals surface area contributed by atoms with Crippen LogP contribution in [0.2, 0.25) is 10.0 Å². The standard InChI is InChI=1S/C16H14BrCl2NO/c1-9-3-6-14(17)13(7-9)16(21)20-10(2)12-5-4-11(18)8-15(12)19/h3-8,10H,1-2H3,(H,20,21). The second-order valence-electron chi connectivity index (χ2n) is 4.84. The number of halogens is 3. The lowest BCUT2D eigenvalue weighted by Crippen LogP contribution is -2.27. The first-order valence-electron chi connectivity index (χ1n) is 6.40. The molecule has 1 atom stereocenters. The molecule has 1 amide bonds. The van der Waals surface area contributed by atoms with Crippen LogP contribution in [-0.4, -0.2) is 5.91 Å². The molecule has 110 valence electrons. The molecule has 2 aromatic rings. The summed E-state index contributed by atoms with van der Waals surface area (Å²) in [5.74, 6) is -0.149. The molecule has 0 radical (unpaired) electrons. The lowest BCUT2D eigenvalue weighted by atomic mass is 10.1. The van der Waals surface area contributed by atoms with E-state index in [9.17, 15) is 4.79 Å². The van der Waals surface area contributed by atoms with E-state index in [2.05, 4.69) is 21.2 Å². The van der Waals surface area contributed by atoms with Crippen LogP contribution < -0.4 is 5.32 Å². The van der Waals surface area contributed by atoms with Gasteiger partial charge in [-0.1, -0.05) is 40.9 Å². The number of amides is 1.